The maximum atomic E-state index is 13.6. The lowest BCUT2D eigenvalue weighted by atomic mass is 9.95. The van der Waals surface area contributed by atoms with Crippen LogP contribution in [0.1, 0.15) is 81.8 Å². The van der Waals surface area contributed by atoms with Crippen LogP contribution < -0.4 is 16.0 Å². The molecule has 0 saturated heterocycles. The molecule has 48 heavy (non-hydrogen) atoms. The maximum absolute atomic E-state index is 13.6. The first kappa shape index (κ1) is 34.7. The van der Waals surface area contributed by atoms with Crippen LogP contribution in [-0.4, -0.2) is 36.1 Å². The van der Waals surface area contributed by atoms with Gasteiger partial charge in [0.2, 0.25) is 5.91 Å². The monoisotopic (exact) mass is 681 g/mol. The number of benzene rings is 3. The first-order valence-corrected chi connectivity index (χ1v) is 17.6. The van der Waals surface area contributed by atoms with Crippen molar-refractivity contribution in [3.8, 4) is 0 Å². The third kappa shape index (κ3) is 8.62. The van der Waals surface area contributed by atoms with Gasteiger partial charge in [0.05, 0.1) is 17.9 Å². The number of carbonyl (C=O) groups excluding carboxylic acids is 4. The topological polar surface area (TPSA) is 114 Å². The number of esters is 1. The van der Waals surface area contributed by atoms with Gasteiger partial charge in [-0.15, -0.1) is 23.1 Å². The third-order valence-electron chi connectivity index (χ3n) is 8.01. The minimum Gasteiger partial charge on any atom is -0.465 e. The van der Waals surface area contributed by atoms with Crippen molar-refractivity contribution in [3.05, 3.63) is 117 Å². The number of rotatable bonds is 11. The summed E-state index contributed by atoms with van der Waals surface area (Å²) in [5.74, 6) is -1.20. The lowest BCUT2D eigenvalue weighted by molar-refractivity contribution is -0.115. The van der Waals surface area contributed by atoms with Crippen LogP contribution in [0.3, 0.4) is 0 Å². The number of fused-ring (bicyclic) bond motifs is 1. The number of carbonyl (C=O) groups is 4. The van der Waals surface area contributed by atoms with Crippen LogP contribution >= 0.6 is 23.1 Å². The number of hydrogen-bond acceptors (Lipinski definition) is 7. The van der Waals surface area contributed by atoms with E-state index < -0.39 is 23.0 Å². The third-order valence-corrected chi connectivity index (χ3v) is 10.3. The average Bonchev–Trinajstić information content (AvgIpc) is 3.46. The standard InChI is InChI=1S/C38H39N3O5S2/c1-23(2)26-19-17-25(18-20-26)21-31(40-35(43)27-11-6-5-7-12-27)36(44)39-28-13-10-14-29(22-28)47-24(3)34(42)41-37-33(38(45)46-4)30-15-8-9-16-32(30)48-37/h5-7,10-14,17-24H,8-9,15-16H2,1-4H3,(H,39,44)(H,40,43)(H,41,42)/b31-21+. The quantitative estimate of drug-likeness (QED) is 0.0839. The van der Waals surface area contributed by atoms with Crippen LogP contribution in [0.2, 0.25) is 0 Å². The summed E-state index contributed by atoms with van der Waals surface area (Å²) in [5.41, 5.74) is 4.41. The van der Waals surface area contributed by atoms with Gasteiger partial charge in [-0.2, -0.15) is 0 Å². The van der Waals surface area contributed by atoms with E-state index in [1.807, 2.05) is 36.4 Å². The summed E-state index contributed by atoms with van der Waals surface area (Å²) in [4.78, 5) is 54.5. The molecule has 3 N–H and O–H groups in total. The Morgan fingerprint density at radius 1 is 0.875 bits per heavy atom. The fraction of sp³-hybridized carbons (Fsp3) is 0.263. The summed E-state index contributed by atoms with van der Waals surface area (Å²) in [6.45, 7) is 6.02. The van der Waals surface area contributed by atoms with Crippen LogP contribution in [0.5, 0.6) is 0 Å². The molecular formula is C38H39N3O5S2. The summed E-state index contributed by atoms with van der Waals surface area (Å²) in [6, 6.07) is 23.7. The number of amides is 3. The summed E-state index contributed by atoms with van der Waals surface area (Å²) in [5, 5.41) is 8.67. The smallest absolute Gasteiger partial charge is 0.341 e. The number of thioether (sulfide) groups is 1. The van der Waals surface area contributed by atoms with E-state index in [0.29, 0.717) is 27.7 Å². The van der Waals surface area contributed by atoms with E-state index in [2.05, 4.69) is 29.8 Å². The van der Waals surface area contributed by atoms with Gasteiger partial charge in [-0.3, -0.25) is 14.4 Å². The predicted octanol–water partition coefficient (Wildman–Crippen LogP) is 8.07. The van der Waals surface area contributed by atoms with Crippen LogP contribution in [0, 0.1) is 0 Å². The van der Waals surface area contributed by atoms with Crippen molar-refractivity contribution < 1.29 is 23.9 Å². The van der Waals surface area contributed by atoms with Gasteiger partial charge in [0.1, 0.15) is 10.7 Å². The van der Waals surface area contributed by atoms with Gasteiger partial charge < -0.3 is 20.7 Å². The Balaban J connectivity index is 1.30. The van der Waals surface area contributed by atoms with E-state index in [9.17, 15) is 19.2 Å². The number of aryl methyl sites for hydroxylation is 1. The van der Waals surface area contributed by atoms with Gasteiger partial charge in [0, 0.05) is 21.0 Å². The summed E-state index contributed by atoms with van der Waals surface area (Å²) in [6.07, 6.45) is 5.40. The van der Waals surface area contributed by atoms with Crippen LogP contribution in [0.15, 0.2) is 89.5 Å². The van der Waals surface area contributed by atoms with E-state index in [1.165, 1.54) is 35.8 Å². The molecule has 0 bridgehead atoms. The first-order valence-electron chi connectivity index (χ1n) is 15.9. The Kier molecular flexibility index (Phi) is 11.5. The van der Waals surface area contributed by atoms with Crippen LogP contribution in [-0.2, 0) is 27.2 Å². The first-order chi connectivity index (χ1) is 23.1. The van der Waals surface area contributed by atoms with Crippen molar-refractivity contribution in [2.75, 3.05) is 17.7 Å². The molecule has 248 valence electrons. The zero-order valence-corrected chi connectivity index (χ0v) is 29.1. The molecule has 1 atom stereocenters. The molecule has 10 heteroatoms. The van der Waals surface area contributed by atoms with Gasteiger partial charge in [0.15, 0.2) is 0 Å². The van der Waals surface area contributed by atoms with Crippen molar-refractivity contribution >= 4 is 63.6 Å². The fourth-order valence-corrected chi connectivity index (χ4v) is 7.58. The molecule has 0 radical (unpaired) electrons. The molecule has 3 amide bonds. The molecule has 1 aromatic heterocycles. The average molecular weight is 682 g/mol. The number of nitrogens with one attached hydrogen (secondary N) is 3. The van der Waals surface area contributed by atoms with Gasteiger partial charge in [-0.25, -0.2) is 4.79 Å². The number of methoxy groups -OCH3 is 1. The van der Waals surface area contributed by atoms with E-state index >= 15 is 0 Å². The number of hydrogen-bond donors (Lipinski definition) is 3. The molecule has 1 aliphatic rings. The van der Waals surface area contributed by atoms with Gasteiger partial charge >= 0.3 is 5.97 Å². The van der Waals surface area contributed by atoms with Crippen molar-refractivity contribution in [1.29, 1.82) is 0 Å². The van der Waals surface area contributed by atoms with Crippen LogP contribution in [0.4, 0.5) is 10.7 Å². The van der Waals surface area contributed by atoms with Gasteiger partial charge in [-0.05, 0) is 91.6 Å². The molecule has 0 fully saturated rings. The molecule has 1 heterocycles. The highest BCUT2D eigenvalue weighted by Gasteiger charge is 2.28. The molecule has 4 aromatic rings. The van der Waals surface area contributed by atoms with E-state index in [-0.39, 0.29) is 11.6 Å². The highest BCUT2D eigenvalue weighted by molar-refractivity contribution is 8.00. The van der Waals surface area contributed by atoms with E-state index in [0.717, 1.165) is 46.6 Å². The van der Waals surface area contributed by atoms with Gasteiger partial charge in [0.25, 0.3) is 11.8 Å². The minimum atomic E-state index is -0.505. The Morgan fingerprint density at radius 3 is 2.31 bits per heavy atom. The summed E-state index contributed by atoms with van der Waals surface area (Å²) < 4.78 is 5.04. The van der Waals surface area contributed by atoms with Crippen molar-refractivity contribution in [2.45, 2.75) is 62.5 Å². The predicted molar refractivity (Wildman–Crippen MR) is 194 cm³/mol. The molecule has 0 saturated carbocycles. The molecule has 8 nitrogen and oxygen atoms in total. The number of ether oxygens (including phenoxy) is 1. The van der Waals surface area contributed by atoms with Crippen LogP contribution in [0.25, 0.3) is 6.08 Å². The molecule has 5 rings (SSSR count). The maximum Gasteiger partial charge on any atom is 0.341 e. The van der Waals surface area contributed by atoms with Gasteiger partial charge in [-0.1, -0.05) is 62.4 Å². The molecule has 0 spiro atoms. The number of thiophene rings is 1. The van der Waals surface area contributed by atoms with Crippen molar-refractivity contribution in [1.82, 2.24) is 5.32 Å². The Hall–Kier alpha value is -4.67. The number of anilines is 2. The second-order valence-electron chi connectivity index (χ2n) is 11.8. The fourth-order valence-electron chi connectivity index (χ4n) is 5.37. The highest BCUT2D eigenvalue weighted by atomic mass is 32.2. The summed E-state index contributed by atoms with van der Waals surface area (Å²) in [7, 11) is 1.35. The zero-order valence-electron chi connectivity index (χ0n) is 27.4. The zero-order chi connectivity index (χ0) is 34.2. The molecule has 3 aromatic carbocycles. The highest BCUT2D eigenvalue weighted by Crippen LogP contribution is 2.39. The molecule has 1 unspecified atom stereocenters. The largest absolute Gasteiger partial charge is 0.465 e. The summed E-state index contributed by atoms with van der Waals surface area (Å²) >= 11 is 2.78. The van der Waals surface area contributed by atoms with E-state index in [1.54, 1.807) is 55.5 Å². The van der Waals surface area contributed by atoms with Crippen molar-refractivity contribution in [3.63, 3.8) is 0 Å². The van der Waals surface area contributed by atoms with E-state index in [4.69, 9.17) is 4.74 Å². The molecule has 0 aliphatic heterocycles. The minimum absolute atomic E-state index is 0.0898. The van der Waals surface area contributed by atoms with Crippen molar-refractivity contribution in [2.24, 2.45) is 0 Å². The SMILES string of the molecule is COC(=O)c1c(NC(=O)C(C)Sc2cccc(NC(=O)/C(=C\c3ccc(C(C)C)cc3)NC(=O)c3ccccc3)c2)sc2c1CCCC2. The Bertz CT molecular complexity index is 1830. The molecule has 1 aliphatic carbocycles. The Labute approximate surface area is 289 Å². The lowest BCUT2D eigenvalue weighted by Gasteiger charge is -2.14. The second-order valence-corrected chi connectivity index (χ2v) is 14.4. The lowest BCUT2D eigenvalue weighted by Crippen LogP contribution is -2.30. The molecular weight excluding hydrogens is 643 g/mol. The normalized spacial score (nSPS) is 13.3. The second kappa shape index (κ2) is 16.0. The Morgan fingerprint density at radius 2 is 1.60 bits per heavy atom.